The summed E-state index contributed by atoms with van der Waals surface area (Å²) in [4.78, 5) is 10.6. The van der Waals surface area contributed by atoms with E-state index in [1.54, 1.807) is 30.3 Å². The molecule has 168 valence electrons. The Morgan fingerprint density at radius 2 is 1.69 bits per heavy atom. The highest BCUT2D eigenvalue weighted by atomic mass is 35.5. The van der Waals surface area contributed by atoms with Crippen molar-refractivity contribution in [1.82, 2.24) is 0 Å². The van der Waals surface area contributed by atoms with Crippen molar-refractivity contribution < 1.29 is 28.8 Å². The van der Waals surface area contributed by atoms with Crippen molar-refractivity contribution in [2.24, 2.45) is 0 Å². The van der Waals surface area contributed by atoms with E-state index in [0.29, 0.717) is 46.8 Å². The van der Waals surface area contributed by atoms with E-state index in [4.69, 9.17) is 35.7 Å². The molecule has 7 heteroatoms. The molecule has 0 fully saturated rings. The van der Waals surface area contributed by atoms with Crippen LogP contribution in [0, 0.1) is 6.92 Å². The Kier molecular flexibility index (Phi) is 8.22. The fraction of sp³-hybridized carbons (Fsp3) is 0.240. The summed E-state index contributed by atoms with van der Waals surface area (Å²) >= 11 is 6.14. The van der Waals surface area contributed by atoms with Gasteiger partial charge in [0.1, 0.15) is 17.2 Å². The molecule has 0 spiro atoms. The van der Waals surface area contributed by atoms with Crippen molar-refractivity contribution in [1.29, 1.82) is 0 Å². The van der Waals surface area contributed by atoms with Crippen molar-refractivity contribution in [3.8, 4) is 28.7 Å². The van der Waals surface area contributed by atoms with Crippen LogP contribution < -0.4 is 18.9 Å². The summed E-state index contributed by atoms with van der Waals surface area (Å²) in [5, 5.41) is 9.28. The Morgan fingerprint density at radius 1 is 0.938 bits per heavy atom. The van der Waals surface area contributed by atoms with E-state index in [1.165, 1.54) is 0 Å². The number of para-hydroxylation sites is 1. The lowest BCUT2D eigenvalue weighted by Gasteiger charge is -2.18. The molecule has 0 aliphatic rings. The molecule has 0 saturated carbocycles. The summed E-state index contributed by atoms with van der Waals surface area (Å²) in [7, 11) is 0. The molecular formula is C25H25ClO6. The topological polar surface area (TPSA) is 74.2 Å². The van der Waals surface area contributed by atoms with E-state index < -0.39 is 5.97 Å². The maximum absolute atomic E-state index is 10.6. The van der Waals surface area contributed by atoms with Crippen LogP contribution in [0.5, 0.6) is 28.7 Å². The SMILES string of the molecule is Cc1cc(OCC[C@@H](C)Oc2ccc(Cl)cc2Oc2ccccc2)ccc1OCC(=O)O. The van der Waals surface area contributed by atoms with Gasteiger partial charge >= 0.3 is 5.97 Å². The number of carbonyl (C=O) groups is 1. The molecule has 0 saturated heterocycles. The zero-order chi connectivity index (χ0) is 22.9. The highest BCUT2D eigenvalue weighted by Crippen LogP contribution is 2.35. The second-order valence-electron chi connectivity index (χ2n) is 7.18. The van der Waals surface area contributed by atoms with Crippen LogP contribution in [-0.4, -0.2) is 30.4 Å². The number of aliphatic carboxylic acids is 1. The van der Waals surface area contributed by atoms with Gasteiger partial charge in [-0.05, 0) is 61.9 Å². The molecule has 32 heavy (non-hydrogen) atoms. The zero-order valence-electron chi connectivity index (χ0n) is 17.9. The monoisotopic (exact) mass is 456 g/mol. The first kappa shape index (κ1) is 23.3. The summed E-state index contributed by atoms with van der Waals surface area (Å²) in [6.45, 7) is 3.86. The van der Waals surface area contributed by atoms with Gasteiger partial charge in [0.15, 0.2) is 18.1 Å². The lowest BCUT2D eigenvalue weighted by atomic mass is 10.2. The van der Waals surface area contributed by atoms with E-state index in [1.807, 2.05) is 50.2 Å². The van der Waals surface area contributed by atoms with Gasteiger partial charge in [-0.2, -0.15) is 0 Å². The van der Waals surface area contributed by atoms with E-state index in [9.17, 15) is 4.79 Å². The maximum atomic E-state index is 10.6. The van der Waals surface area contributed by atoms with Crippen molar-refractivity contribution >= 4 is 17.6 Å². The first-order chi connectivity index (χ1) is 15.4. The van der Waals surface area contributed by atoms with Crippen LogP contribution >= 0.6 is 11.6 Å². The number of hydrogen-bond donors (Lipinski definition) is 1. The molecule has 1 atom stereocenters. The van der Waals surface area contributed by atoms with Crippen LogP contribution in [0.3, 0.4) is 0 Å². The van der Waals surface area contributed by atoms with Gasteiger partial charge < -0.3 is 24.1 Å². The Bertz CT molecular complexity index is 1040. The minimum absolute atomic E-state index is 0.131. The van der Waals surface area contributed by atoms with Gasteiger partial charge in [-0.15, -0.1) is 0 Å². The second kappa shape index (κ2) is 11.3. The molecule has 6 nitrogen and oxygen atoms in total. The second-order valence-corrected chi connectivity index (χ2v) is 7.62. The average molecular weight is 457 g/mol. The van der Waals surface area contributed by atoms with Gasteiger partial charge in [0, 0.05) is 17.5 Å². The standard InChI is InChI=1S/C25H25ClO6/c1-17-14-21(9-11-22(17)30-16-25(27)28)29-13-12-18(2)31-23-10-8-19(26)15-24(23)32-20-6-4-3-5-7-20/h3-11,14-15,18H,12-13,16H2,1-2H3,(H,27,28)/t18-/m1/s1. The van der Waals surface area contributed by atoms with Crippen LogP contribution in [0.15, 0.2) is 66.7 Å². The van der Waals surface area contributed by atoms with Crippen molar-refractivity contribution in [3.05, 3.63) is 77.3 Å². The summed E-state index contributed by atoms with van der Waals surface area (Å²) < 4.78 is 23.0. The fourth-order valence-electron chi connectivity index (χ4n) is 2.91. The quantitative estimate of drug-likeness (QED) is 0.373. The third-order valence-electron chi connectivity index (χ3n) is 4.50. The molecule has 0 aromatic heterocycles. The summed E-state index contributed by atoms with van der Waals surface area (Å²) in [5.41, 5.74) is 0.803. The maximum Gasteiger partial charge on any atom is 0.341 e. The largest absolute Gasteiger partial charge is 0.493 e. The van der Waals surface area contributed by atoms with E-state index in [2.05, 4.69) is 0 Å². The fourth-order valence-corrected chi connectivity index (χ4v) is 3.07. The summed E-state index contributed by atoms with van der Waals surface area (Å²) in [6.07, 6.45) is 0.512. The minimum atomic E-state index is -1.02. The first-order valence-corrected chi connectivity index (χ1v) is 10.6. The van der Waals surface area contributed by atoms with E-state index in [0.717, 1.165) is 5.56 Å². The van der Waals surface area contributed by atoms with Crippen LogP contribution in [-0.2, 0) is 4.79 Å². The molecule has 0 aliphatic carbocycles. The third-order valence-corrected chi connectivity index (χ3v) is 4.73. The van der Waals surface area contributed by atoms with E-state index >= 15 is 0 Å². The van der Waals surface area contributed by atoms with Crippen LogP contribution in [0.1, 0.15) is 18.9 Å². The average Bonchev–Trinajstić information content (AvgIpc) is 2.76. The van der Waals surface area contributed by atoms with Crippen molar-refractivity contribution in [3.63, 3.8) is 0 Å². The Morgan fingerprint density at radius 3 is 2.41 bits per heavy atom. The molecule has 0 unspecified atom stereocenters. The van der Waals surface area contributed by atoms with Crippen LogP contribution in [0.25, 0.3) is 0 Å². The molecule has 3 aromatic rings. The number of hydrogen-bond acceptors (Lipinski definition) is 5. The predicted molar refractivity (Wildman–Crippen MR) is 122 cm³/mol. The minimum Gasteiger partial charge on any atom is -0.493 e. The van der Waals surface area contributed by atoms with Gasteiger partial charge in [0.05, 0.1) is 12.7 Å². The smallest absolute Gasteiger partial charge is 0.341 e. The lowest BCUT2D eigenvalue weighted by Crippen LogP contribution is -2.16. The highest BCUT2D eigenvalue weighted by molar-refractivity contribution is 6.30. The molecule has 0 heterocycles. The van der Waals surface area contributed by atoms with Crippen LogP contribution in [0.2, 0.25) is 5.02 Å². The lowest BCUT2D eigenvalue weighted by molar-refractivity contribution is -0.139. The Labute approximate surface area is 192 Å². The number of halogens is 1. The number of carboxylic acid groups (broad SMARTS) is 1. The van der Waals surface area contributed by atoms with Crippen molar-refractivity contribution in [2.75, 3.05) is 13.2 Å². The third kappa shape index (κ3) is 7.10. The number of ether oxygens (including phenoxy) is 4. The van der Waals surface area contributed by atoms with Crippen molar-refractivity contribution in [2.45, 2.75) is 26.4 Å². The molecular weight excluding hydrogens is 432 g/mol. The van der Waals surface area contributed by atoms with Gasteiger partial charge in [-0.25, -0.2) is 4.79 Å². The normalized spacial score (nSPS) is 11.5. The molecule has 0 amide bonds. The van der Waals surface area contributed by atoms with Gasteiger partial charge in [-0.1, -0.05) is 29.8 Å². The first-order valence-electron chi connectivity index (χ1n) is 10.2. The Balaban J connectivity index is 1.53. The zero-order valence-corrected chi connectivity index (χ0v) is 18.7. The predicted octanol–water partition coefficient (Wildman–Crippen LogP) is 6.14. The van der Waals surface area contributed by atoms with E-state index in [-0.39, 0.29) is 12.7 Å². The molecule has 1 N–H and O–H groups in total. The summed E-state index contributed by atoms with van der Waals surface area (Å²) in [6, 6.07) is 20.0. The highest BCUT2D eigenvalue weighted by Gasteiger charge is 2.12. The van der Waals surface area contributed by atoms with Gasteiger partial charge in [-0.3, -0.25) is 0 Å². The Hall–Kier alpha value is -3.38. The molecule has 0 aliphatic heterocycles. The molecule has 0 radical (unpaired) electrons. The number of carboxylic acids is 1. The number of rotatable bonds is 11. The number of benzene rings is 3. The molecule has 0 bridgehead atoms. The van der Waals surface area contributed by atoms with Crippen LogP contribution in [0.4, 0.5) is 0 Å². The summed E-state index contributed by atoms with van der Waals surface area (Å²) in [5.74, 6) is 2.02. The number of aryl methyl sites for hydroxylation is 1. The molecule has 3 rings (SSSR count). The van der Waals surface area contributed by atoms with Gasteiger partial charge in [0.2, 0.25) is 0 Å². The van der Waals surface area contributed by atoms with Gasteiger partial charge in [0.25, 0.3) is 0 Å². The molecule has 3 aromatic carbocycles.